The lowest BCUT2D eigenvalue weighted by atomic mass is 9.97. The first-order valence-electron chi connectivity index (χ1n) is 7.80. The minimum atomic E-state index is -5.97. The summed E-state index contributed by atoms with van der Waals surface area (Å²) < 4.78 is 91.5. The lowest BCUT2D eigenvalue weighted by molar-refractivity contribution is -0.193. The number of nitrogen functional groups attached to an aromatic ring is 1. The van der Waals surface area contributed by atoms with Crippen molar-refractivity contribution in [2.75, 3.05) is 12.3 Å². The monoisotopic (exact) mass is 535 g/mol. The molecule has 184 valence electrons. The fourth-order valence-corrected chi connectivity index (χ4v) is 5.52. The molecule has 32 heavy (non-hydrogen) atoms. The number of phosphoric acid groups is 3. The molecular formula is C10H15F3N3O13P3. The molecule has 16 nitrogen and oxygen atoms in total. The molecule has 0 radical (unpaired) electrons. The Bertz CT molecular complexity index is 1050. The van der Waals surface area contributed by atoms with E-state index in [1.807, 2.05) is 0 Å². The van der Waals surface area contributed by atoms with Crippen LogP contribution in [0.3, 0.4) is 0 Å². The number of aliphatic hydroxyl groups excluding tert-OH is 1. The van der Waals surface area contributed by atoms with Gasteiger partial charge in [0.2, 0.25) is 0 Å². The Morgan fingerprint density at radius 2 is 1.81 bits per heavy atom. The molecule has 7 N–H and O–H groups in total. The molecule has 1 aliphatic heterocycles. The predicted molar refractivity (Wildman–Crippen MR) is 92.5 cm³/mol. The molecule has 0 saturated carbocycles. The second kappa shape index (κ2) is 9.21. The Labute approximate surface area is 174 Å². The van der Waals surface area contributed by atoms with Gasteiger partial charge in [0, 0.05) is 6.20 Å². The van der Waals surface area contributed by atoms with Gasteiger partial charge in [-0.15, -0.1) is 0 Å². The van der Waals surface area contributed by atoms with Gasteiger partial charge in [0.15, 0.2) is 18.0 Å². The standard InChI is InChI=1S/C10H15F3N3O13P3/c11-5-6(17)10(8(12)13,27-7(5)16-2-1-4(14)15-9(16)18)3-26-31(22,23)29-32(24,25)28-30(19,20)21/h1-2,5-8,17H,3H2,(H,22,23)(H,24,25)(H2,14,15,18)(H2,19,20,21)/t5-,6+,7-,10-/m1/s1. The van der Waals surface area contributed by atoms with Crippen molar-refractivity contribution in [1.82, 2.24) is 9.55 Å². The zero-order valence-electron chi connectivity index (χ0n) is 15.1. The highest BCUT2D eigenvalue weighted by atomic mass is 31.3. The third-order valence-corrected chi connectivity index (χ3v) is 7.56. The van der Waals surface area contributed by atoms with Crippen LogP contribution in [0.1, 0.15) is 6.23 Å². The fourth-order valence-electron chi connectivity index (χ4n) is 2.46. The number of aliphatic hydroxyl groups is 1. The van der Waals surface area contributed by atoms with Gasteiger partial charge in [-0.1, -0.05) is 0 Å². The number of anilines is 1. The summed E-state index contributed by atoms with van der Waals surface area (Å²) in [5, 5.41) is 9.97. The zero-order valence-corrected chi connectivity index (χ0v) is 17.8. The first-order chi connectivity index (χ1) is 14.4. The lowest BCUT2D eigenvalue weighted by Crippen LogP contribution is -2.52. The largest absolute Gasteiger partial charge is 0.490 e. The van der Waals surface area contributed by atoms with E-state index in [1.165, 1.54) is 0 Å². The Kier molecular flexibility index (Phi) is 7.79. The molecule has 1 aromatic rings. The maximum Gasteiger partial charge on any atom is 0.490 e. The third kappa shape index (κ3) is 6.22. The van der Waals surface area contributed by atoms with Gasteiger partial charge in [-0.2, -0.15) is 13.6 Å². The molecule has 1 aliphatic rings. The highest BCUT2D eigenvalue weighted by Gasteiger charge is 2.62. The summed E-state index contributed by atoms with van der Waals surface area (Å²) in [5.74, 6) is -0.312. The Balaban J connectivity index is 2.27. The van der Waals surface area contributed by atoms with Gasteiger partial charge >= 0.3 is 29.2 Å². The molecule has 22 heteroatoms. The van der Waals surface area contributed by atoms with E-state index < -0.39 is 66.3 Å². The van der Waals surface area contributed by atoms with Crippen molar-refractivity contribution >= 4 is 29.3 Å². The smallest absolute Gasteiger partial charge is 0.387 e. The number of hydrogen-bond acceptors (Lipinski definition) is 11. The Hall–Kier alpha value is -1.20. The van der Waals surface area contributed by atoms with Gasteiger partial charge in [0.25, 0.3) is 6.43 Å². The number of ether oxygens (including phenoxy) is 1. The normalized spacial score (nSPS) is 30.2. The summed E-state index contributed by atoms with van der Waals surface area (Å²) in [6.07, 6.45) is -10.8. The Morgan fingerprint density at radius 3 is 2.31 bits per heavy atom. The van der Waals surface area contributed by atoms with Crippen LogP contribution in [0, 0.1) is 0 Å². The number of halogens is 3. The van der Waals surface area contributed by atoms with Crippen LogP contribution in [0.25, 0.3) is 0 Å². The molecule has 1 aromatic heterocycles. The van der Waals surface area contributed by atoms with E-state index in [1.54, 1.807) is 0 Å². The quantitative estimate of drug-likeness (QED) is 0.216. The van der Waals surface area contributed by atoms with Gasteiger partial charge in [0.1, 0.15) is 11.9 Å². The summed E-state index contributed by atoms with van der Waals surface area (Å²) in [4.78, 5) is 50.4. The molecule has 0 aliphatic carbocycles. The van der Waals surface area contributed by atoms with Crippen LogP contribution in [-0.2, 0) is 31.6 Å². The average Bonchev–Trinajstić information content (AvgIpc) is 2.83. The zero-order chi connectivity index (χ0) is 24.7. The van der Waals surface area contributed by atoms with Crippen molar-refractivity contribution in [2.24, 2.45) is 0 Å². The van der Waals surface area contributed by atoms with Gasteiger partial charge in [-0.25, -0.2) is 31.7 Å². The number of nitrogens with zero attached hydrogens (tertiary/aromatic N) is 2. The molecule has 0 aromatic carbocycles. The SMILES string of the molecule is Nc1ccn([C@@H]2O[C@@](COP(=O)(O)OP(=O)(O)OP(=O)(O)O)(C(F)F)[C@@H](O)[C@H]2F)c(=O)n1. The minimum Gasteiger partial charge on any atom is -0.387 e. The summed E-state index contributed by atoms with van der Waals surface area (Å²) in [5.41, 5.74) is 0.569. The number of rotatable bonds is 9. The van der Waals surface area contributed by atoms with Gasteiger partial charge in [-0.3, -0.25) is 9.09 Å². The van der Waals surface area contributed by atoms with Crippen LogP contribution < -0.4 is 11.4 Å². The van der Waals surface area contributed by atoms with E-state index in [-0.39, 0.29) is 5.82 Å². The molecule has 0 amide bonds. The molecular weight excluding hydrogens is 520 g/mol. The van der Waals surface area contributed by atoms with Crippen molar-refractivity contribution in [3.05, 3.63) is 22.7 Å². The van der Waals surface area contributed by atoms with E-state index in [4.69, 9.17) is 25.2 Å². The second-order valence-corrected chi connectivity index (χ2v) is 10.5. The maximum absolute atomic E-state index is 14.5. The Morgan fingerprint density at radius 1 is 1.22 bits per heavy atom. The van der Waals surface area contributed by atoms with E-state index in [2.05, 4.69) is 18.1 Å². The number of alkyl halides is 3. The van der Waals surface area contributed by atoms with Crippen LogP contribution in [-0.4, -0.2) is 65.1 Å². The van der Waals surface area contributed by atoms with Crippen LogP contribution in [0.4, 0.5) is 19.0 Å². The van der Waals surface area contributed by atoms with Gasteiger partial charge in [0.05, 0.1) is 6.61 Å². The van der Waals surface area contributed by atoms with E-state index in [0.717, 1.165) is 12.3 Å². The highest BCUT2D eigenvalue weighted by molar-refractivity contribution is 7.66. The van der Waals surface area contributed by atoms with Crippen LogP contribution in [0.15, 0.2) is 17.1 Å². The highest BCUT2D eigenvalue weighted by Crippen LogP contribution is 2.66. The number of hydrogen-bond donors (Lipinski definition) is 6. The minimum absolute atomic E-state index is 0.312. The first-order valence-corrected chi connectivity index (χ1v) is 12.3. The van der Waals surface area contributed by atoms with Crippen LogP contribution in [0.5, 0.6) is 0 Å². The maximum atomic E-state index is 14.5. The molecule has 1 saturated heterocycles. The number of aromatic nitrogens is 2. The topological polar surface area (TPSA) is 250 Å². The average molecular weight is 535 g/mol. The summed E-state index contributed by atoms with van der Waals surface area (Å²) in [6.45, 7) is -1.87. The van der Waals surface area contributed by atoms with E-state index in [9.17, 15) is 41.7 Å². The van der Waals surface area contributed by atoms with E-state index >= 15 is 0 Å². The van der Waals surface area contributed by atoms with E-state index in [0.29, 0.717) is 4.57 Å². The van der Waals surface area contributed by atoms with Crippen molar-refractivity contribution in [3.8, 4) is 0 Å². The number of phosphoric ester groups is 1. The summed E-state index contributed by atoms with van der Waals surface area (Å²) in [6, 6.07) is 0.971. The molecule has 1 fully saturated rings. The second-order valence-electron chi connectivity index (χ2n) is 6.06. The van der Waals surface area contributed by atoms with Gasteiger partial charge < -0.3 is 35.2 Å². The van der Waals surface area contributed by atoms with Crippen molar-refractivity contribution in [3.63, 3.8) is 0 Å². The number of nitrogens with two attached hydrogens (primary N) is 1. The summed E-state index contributed by atoms with van der Waals surface area (Å²) >= 11 is 0. The molecule has 2 heterocycles. The van der Waals surface area contributed by atoms with Crippen LogP contribution in [0.2, 0.25) is 0 Å². The van der Waals surface area contributed by atoms with Crippen molar-refractivity contribution in [2.45, 2.75) is 30.5 Å². The molecule has 2 rings (SSSR count). The predicted octanol–water partition coefficient (Wildman–Crippen LogP) is -0.600. The van der Waals surface area contributed by atoms with Crippen molar-refractivity contribution < 1.29 is 69.4 Å². The molecule has 0 bridgehead atoms. The molecule has 6 atom stereocenters. The molecule has 2 unspecified atom stereocenters. The lowest BCUT2D eigenvalue weighted by Gasteiger charge is -2.31. The van der Waals surface area contributed by atoms with Crippen LogP contribution >= 0.6 is 23.5 Å². The summed E-state index contributed by atoms with van der Waals surface area (Å²) in [7, 11) is -17.6. The fraction of sp³-hybridized carbons (Fsp3) is 0.600. The first kappa shape index (κ1) is 27.0. The van der Waals surface area contributed by atoms with Crippen molar-refractivity contribution in [1.29, 1.82) is 0 Å². The molecule has 0 spiro atoms. The third-order valence-electron chi connectivity index (χ3n) is 3.78. The van der Waals surface area contributed by atoms with Gasteiger partial charge in [-0.05, 0) is 6.07 Å².